The molecular weight excluding hydrogens is 356 g/mol. The Hall–Kier alpha value is -2.25. The molecule has 150 valence electrons. The molecule has 0 bridgehead atoms. The molecule has 4 rings (SSSR count). The van der Waals surface area contributed by atoms with Crippen LogP contribution < -0.4 is 10.6 Å². The average Bonchev–Trinajstić information content (AvgIpc) is 2.74. The van der Waals surface area contributed by atoms with Crippen molar-refractivity contribution >= 4 is 22.8 Å². The molecule has 2 aromatic rings. The van der Waals surface area contributed by atoms with Crippen molar-refractivity contribution in [2.45, 2.75) is 63.2 Å². The Morgan fingerprint density at radius 3 is 2.82 bits per heavy atom. The first-order chi connectivity index (χ1) is 13.7. The number of hydrogen-bond acceptors (Lipinski definition) is 6. The summed E-state index contributed by atoms with van der Waals surface area (Å²) in [5.74, 6) is 0.398. The number of aromatic nitrogens is 2. The van der Waals surface area contributed by atoms with Gasteiger partial charge in [0.15, 0.2) is 0 Å². The number of benzene rings is 1. The molecule has 1 aliphatic heterocycles. The van der Waals surface area contributed by atoms with Crippen LogP contribution in [0.5, 0.6) is 0 Å². The minimum atomic E-state index is -0.195. The van der Waals surface area contributed by atoms with Crippen molar-refractivity contribution in [3.8, 4) is 0 Å². The van der Waals surface area contributed by atoms with E-state index in [4.69, 9.17) is 4.74 Å². The first kappa shape index (κ1) is 19.1. The minimum Gasteiger partial charge on any atom is -0.393 e. The Balaban J connectivity index is 1.47. The van der Waals surface area contributed by atoms with Gasteiger partial charge >= 0.3 is 0 Å². The van der Waals surface area contributed by atoms with Crippen LogP contribution in [0.3, 0.4) is 0 Å². The van der Waals surface area contributed by atoms with E-state index in [2.05, 4.69) is 20.6 Å². The number of aliphatic hydroxyl groups is 1. The molecule has 7 nitrogen and oxygen atoms in total. The van der Waals surface area contributed by atoms with Gasteiger partial charge in [0, 0.05) is 30.8 Å². The number of para-hydroxylation sites is 1. The van der Waals surface area contributed by atoms with Crippen molar-refractivity contribution in [3.05, 3.63) is 30.0 Å². The van der Waals surface area contributed by atoms with Crippen LogP contribution in [-0.2, 0) is 4.74 Å². The van der Waals surface area contributed by atoms with Crippen molar-refractivity contribution in [1.29, 1.82) is 0 Å². The molecule has 0 radical (unpaired) electrons. The summed E-state index contributed by atoms with van der Waals surface area (Å²) in [4.78, 5) is 21.8. The van der Waals surface area contributed by atoms with Crippen molar-refractivity contribution < 1.29 is 14.6 Å². The van der Waals surface area contributed by atoms with Gasteiger partial charge in [0.25, 0.3) is 5.91 Å². The summed E-state index contributed by atoms with van der Waals surface area (Å²) in [6, 6.07) is 5.82. The molecule has 1 aromatic carbocycles. The summed E-state index contributed by atoms with van der Waals surface area (Å²) in [5.41, 5.74) is 1.20. The number of ether oxygens (including phenoxy) is 1. The summed E-state index contributed by atoms with van der Waals surface area (Å²) in [6.45, 7) is 1.30. The molecule has 28 heavy (non-hydrogen) atoms. The maximum absolute atomic E-state index is 12.8. The van der Waals surface area contributed by atoms with Crippen molar-refractivity contribution in [3.63, 3.8) is 0 Å². The summed E-state index contributed by atoms with van der Waals surface area (Å²) >= 11 is 0. The van der Waals surface area contributed by atoms with Crippen molar-refractivity contribution in [2.24, 2.45) is 0 Å². The maximum atomic E-state index is 12.8. The zero-order chi connectivity index (χ0) is 19.3. The molecule has 1 atom stereocenters. The van der Waals surface area contributed by atoms with Crippen molar-refractivity contribution in [1.82, 2.24) is 15.3 Å². The van der Waals surface area contributed by atoms with Gasteiger partial charge in [-0.25, -0.2) is 9.97 Å². The fourth-order valence-electron chi connectivity index (χ4n) is 3.98. The van der Waals surface area contributed by atoms with Gasteiger partial charge in [-0.2, -0.15) is 0 Å². The Morgan fingerprint density at radius 2 is 2.04 bits per heavy atom. The highest BCUT2D eigenvalue weighted by Crippen LogP contribution is 2.23. The van der Waals surface area contributed by atoms with E-state index in [1.807, 2.05) is 12.1 Å². The summed E-state index contributed by atoms with van der Waals surface area (Å²) < 4.78 is 5.69. The number of nitrogens with one attached hydrogen (secondary N) is 2. The van der Waals surface area contributed by atoms with Gasteiger partial charge in [0.2, 0.25) is 5.95 Å². The van der Waals surface area contributed by atoms with Crippen LogP contribution in [0.4, 0.5) is 5.95 Å². The third kappa shape index (κ3) is 4.59. The number of rotatable bonds is 5. The maximum Gasteiger partial charge on any atom is 0.253 e. The monoisotopic (exact) mass is 384 g/mol. The lowest BCUT2D eigenvalue weighted by Gasteiger charge is -2.26. The smallest absolute Gasteiger partial charge is 0.253 e. The molecule has 1 aliphatic carbocycles. The van der Waals surface area contributed by atoms with Crippen molar-refractivity contribution in [2.75, 3.05) is 18.5 Å². The van der Waals surface area contributed by atoms with Gasteiger partial charge in [0.1, 0.15) is 0 Å². The van der Waals surface area contributed by atoms with E-state index in [1.165, 1.54) is 0 Å². The molecule has 0 spiro atoms. The van der Waals surface area contributed by atoms with Gasteiger partial charge in [-0.3, -0.25) is 4.79 Å². The van der Waals surface area contributed by atoms with Gasteiger partial charge in [-0.1, -0.05) is 12.1 Å². The van der Waals surface area contributed by atoms with Crippen LogP contribution >= 0.6 is 0 Å². The number of carbonyl (C=O) groups excluding carboxylic acids is 1. The number of hydrogen-bond donors (Lipinski definition) is 3. The Labute approximate surface area is 164 Å². The Kier molecular flexibility index (Phi) is 6.02. The predicted molar refractivity (Wildman–Crippen MR) is 107 cm³/mol. The number of fused-ring (bicyclic) bond motifs is 1. The van der Waals surface area contributed by atoms with Crippen LogP contribution in [0.15, 0.2) is 24.4 Å². The zero-order valence-corrected chi connectivity index (χ0v) is 16.1. The topological polar surface area (TPSA) is 96.4 Å². The molecule has 1 saturated heterocycles. The van der Waals surface area contributed by atoms with E-state index in [1.54, 1.807) is 12.3 Å². The molecule has 1 aromatic heterocycles. The first-order valence-corrected chi connectivity index (χ1v) is 10.3. The van der Waals surface area contributed by atoms with E-state index >= 15 is 0 Å². The number of nitrogens with zero attached hydrogens (tertiary/aromatic N) is 2. The second kappa shape index (κ2) is 8.84. The quantitative estimate of drug-likeness (QED) is 0.733. The Morgan fingerprint density at radius 1 is 1.18 bits per heavy atom. The highest BCUT2D eigenvalue weighted by Gasteiger charge is 2.21. The molecule has 1 unspecified atom stereocenters. The highest BCUT2D eigenvalue weighted by molar-refractivity contribution is 6.05. The highest BCUT2D eigenvalue weighted by atomic mass is 16.5. The second-order valence-electron chi connectivity index (χ2n) is 7.79. The molecule has 2 heterocycles. The zero-order valence-electron chi connectivity index (χ0n) is 16.1. The third-order valence-electron chi connectivity index (χ3n) is 5.65. The Bertz CT molecular complexity index is 814. The summed E-state index contributed by atoms with van der Waals surface area (Å²) in [5, 5.41) is 16.9. The van der Waals surface area contributed by atoms with Gasteiger partial charge < -0.3 is 20.5 Å². The van der Waals surface area contributed by atoms with E-state index in [-0.39, 0.29) is 24.2 Å². The predicted octanol–water partition coefficient (Wildman–Crippen LogP) is 2.64. The number of anilines is 1. The number of aliphatic hydroxyl groups excluding tert-OH is 1. The van der Waals surface area contributed by atoms with Crippen LogP contribution in [0.1, 0.15) is 55.3 Å². The number of carbonyl (C=O) groups is 1. The number of amides is 1. The summed E-state index contributed by atoms with van der Waals surface area (Å²) in [6.07, 6.45) is 8.27. The fraction of sp³-hybridized carbons (Fsp3) is 0.571. The van der Waals surface area contributed by atoms with E-state index in [9.17, 15) is 9.90 Å². The lowest BCUT2D eigenvalue weighted by molar-refractivity contribution is 0.0169. The molecule has 3 N–H and O–H groups in total. The largest absolute Gasteiger partial charge is 0.393 e. The molecule has 2 fully saturated rings. The normalized spacial score (nSPS) is 25.4. The minimum absolute atomic E-state index is 0.0983. The summed E-state index contributed by atoms with van der Waals surface area (Å²) in [7, 11) is 0. The van der Waals surface area contributed by atoms with Gasteiger partial charge in [-0.15, -0.1) is 0 Å². The lowest BCUT2D eigenvalue weighted by Crippen LogP contribution is -2.35. The van der Waals surface area contributed by atoms with E-state index in [0.29, 0.717) is 23.6 Å². The molecule has 2 aliphatic rings. The SMILES string of the molecule is O=C(NCC1CCCCO1)c1cccc2cnc(N[C@H]3CC[C@H](O)CC3)nc12. The molecule has 1 saturated carbocycles. The third-order valence-corrected chi connectivity index (χ3v) is 5.65. The first-order valence-electron chi connectivity index (χ1n) is 10.3. The van der Waals surface area contributed by atoms with Gasteiger partial charge in [-0.05, 0) is 51.0 Å². The van der Waals surface area contributed by atoms with Crippen LogP contribution in [0.2, 0.25) is 0 Å². The lowest BCUT2D eigenvalue weighted by atomic mass is 9.93. The second-order valence-corrected chi connectivity index (χ2v) is 7.79. The van der Waals surface area contributed by atoms with Crippen LogP contribution in [0, 0.1) is 0 Å². The van der Waals surface area contributed by atoms with Gasteiger partial charge in [0.05, 0.1) is 23.3 Å². The molecular formula is C21H28N4O3. The van der Waals surface area contributed by atoms with Crippen LogP contribution in [0.25, 0.3) is 10.9 Å². The standard InChI is InChI=1S/C21H28N4O3/c26-16-9-7-15(8-10-16)24-21-23-12-14-4-3-6-18(19(14)25-21)20(27)22-13-17-5-1-2-11-28-17/h3-4,6,12,15-17,26H,1-2,5,7-11,13H2,(H,22,27)(H,23,24,25)/t15-,16-,17?. The fourth-order valence-corrected chi connectivity index (χ4v) is 3.98. The molecule has 7 heteroatoms. The van der Waals surface area contributed by atoms with E-state index in [0.717, 1.165) is 56.9 Å². The average molecular weight is 384 g/mol. The van der Waals surface area contributed by atoms with E-state index < -0.39 is 0 Å². The van der Waals surface area contributed by atoms with Crippen LogP contribution in [-0.4, -0.2) is 52.4 Å². The molecule has 1 amide bonds.